The first kappa shape index (κ1) is 23.4. The molecule has 0 aliphatic heterocycles. The van der Waals surface area contributed by atoms with E-state index in [0.29, 0.717) is 11.1 Å². The summed E-state index contributed by atoms with van der Waals surface area (Å²) < 4.78 is 22.0. The van der Waals surface area contributed by atoms with E-state index in [1.807, 2.05) is 0 Å². The summed E-state index contributed by atoms with van der Waals surface area (Å²) in [5.41, 5.74) is -0.203. The van der Waals surface area contributed by atoms with Crippen LogP contribution in [0.4, 0.5) is 10.1 Å². The highest BCUT2D eigenvalue weighted by Crippen LogP contribution is 2.40. The Morgan fingerprint density at radius 3 is 2.66 bits per heavy atom. The van der Waals surface area contributed by atoms with E-state index in [1.165, 1.54) is 30.4 Å². The van der Waals surface area contributed by atoms with Crippen molar-refractivity contribution in [2.45, 2.75) is 18.8 Å². The molecule has 1 aromatic carbocycles. The first-order valence-electron chi connectivity index (χ1n) is 10.4. The molecule has 12 heteroatoms. The lowest BCUT2D eigenvalue weighted by atomic mass is 9.80. The zero-order chi connectivity index (χ0) is 25.3. The Hall–Kier alpha value is -4.79. The summed E-state index contributed by atoms with van der Waals surface area (Å²) in [6, 6.07) is 8.80. The Bertz CT molecular complexity index is 1500. The van der Waals surface area contributed by atoms with Crippen molar-refractivity contribution in [2.75, 3.05) is 5.32 Å². The van der Waals surface area contributed by atoms with Gasteiger partial charge in [-0.15, -0.1) is 5.10 Å². The molecule has 4 rings (SSSR count). The minimum atomic E-state index is -0.865. The van der Waals surface area contributed by atoms with Gasteiger partial charge in [-0.2, -0.15) is 9.65 Å². The van der Waals surface area contributed by atoms with Crippen molar-refractivity contribution in [1.29, 1.82) is 5.26 Å². The van der Waals surface area contributed by atoms with E-state index in [-0.39, 0.29) is 17.1 Å². The molecule has 1 amide bonds. The summed E-state index contributed by atoms with van der Waals surface area (Å²) in [6.07, 6.45) is 3.89. The van der Waals surface area contributed by atoms with Crippen LogP contribution in [-0.4, -0.2) is 35.5 Å². The molecule has 3 aromatic heterocycles. The molecule has 2 atom stereocenters. The number of carbonyl (C=O) groups excluding carboxylic acids is 1. The molecule has 4 aromatic rings. The van der Waals surface area contributed by atoms with Gasteiger partial charge in [0.05, 0.1) is 17.8 Å². The van der Waals surface area contributed by atoms with Crippen LogP contribution >= 0.6 is 0 Å². The predicted molar refractivity (Wildman–Crippen MR) is 120 cm³/mol. The number of rotatable bonds is 6. The third-order valence-electron chi connectivity index (χ3n) is 5.68. The van der Waals surface area contributed by atoms with Gasteiger partial charge in [0.1, 0.15) is 17.8 Å². The fourth-order valence-corrected chi connectivity index (χ4v) is 4.04. The SMILES string of the molecule is C[C@@H](c1nc(C(=O)Nc2cnoc2)c(O)c(=O)n1C)[C@H](c1ccccc1C#N)c1cn(C)nc1F. The second kappa shape index (κ2) is 9.22. The minimum absolute atomic E-state index is 0.0873. The van der Waals surface area contributed by atoms with Crippen molar-refractivity contribution in [3.63, 3.8) is 0 Å². The van der Waals surface area contributed by atoms with Gasteiger partial charge in [-0.05, 0) is 11.6 Å². The third kappa shape index (κ3) is 4.26. The largest absolute Gasteiger partial charge is 0.501 e. The zero-order valence-electron chi connectivity index (χ0n) is 18.9. The van der Waals surface area contributed by atoms with E-state index in [0.717, 1.165) is 4.57 Å². The van der Waals surface area contributed by atoms with Gasteiger partial charge in [-0.25, -0.2) is 4.98 Å². The highest BCUT2D eigenvalue weighted by molar-refractivity contribution is 6.04. The number of halogens is 1. The Morgan fingerprint density at radius 1 is 1.29 bits per heavy atom. The molecule has 11 nitrogen and oxygen atoms in total. The normalized spacial score (nSPS) is 12.7. The van der Waals surface area contributed by atoms with Crippen LogP contribution in [0, 0.1) is 17.3 Å². The number of nitrogens with zero attached hydrogens (tertiary/aromatic N) is 6. The van der Waals surface area contributed by atoms with Crippen molar-refractivity contribution in [2.24, 2.45) is 14.1 Å². The maximum Gasteiger partial charge on any atom is 0.296 e. The number of aryl methyl sites for hydroxylation is 1. The lowest BCUT2D eigenvalue weighted by Crippen LogP contribution is -2.29. The Morgan fingerprint density at radius 2 is 2.03 bits per heavy atom. The average Bonchev–Trinajstić information content (AvgIpc) is 3.47. The topological polar surface area (TPSA) is 152 Å². The fraction of sp³-hybridized carbons (Fsp3) is 0.217. The summed E-state index contributed by atoms with van der Waals surface area (Å²) in [6.45, 7) is 1.69. The monoisotopic (exact) mass is 477 g/mol. The molecule has 35 heavy (non-hydrogen) atoms. The van der Waals surface area contributed by atoms with Gasteiger partial charge in [0.25, 0.3) is 11.5 Å². The van der Waals surface area contributed by atoms with Crippen molar-refractivity contribution in [1.82, 2.24) is 24.5 Å². The van der Waals surface area contributed by atoms with E-state index in [9.17, 15) is 24.3 Å². The smallest absolute Gasteiger partial charge is 0.296 e. The summed E-state index contributed by atoms with van der Waals surface area (Å²) in [7, 11) is 2.95. The second-order valence-electron chi connectivity index (χ2n) is 7.91. The first-order chi connectivity index (χ1) is 16.7. The molecule has 0 saturated carbocycles. The van der Waals surface area contributed by atoms with Crippen LogP contribution in [-0.2, 0) is 14.1 Å². The van der Waals surface area contributed by atoms with Gasteiger partial charge < -0.3 is 14.9 Å². The Kier molecular flexibility index (Phi) is 6.16. The number of carbonyl (C=O) groups is 1. The van der Waals surface area contributed by atoms with Crippen molar-refractivity contribution in [3.8, 4) is 11.8 Å². The summed E-state index contributed by atoms with van der Waals surface area (Å²) in [5.74, 6) is -3.90. The second-order valence-corrected chi connectivity index (χ2v) is 7.91. The molecule has 0 aliphatic carbocycles. The molecule has 0 radical (unpaired) electrons. The van der Waals surface area contributed by atoms with Gasteiger partial charge in [0.15, 0.2) is 5.69 Å². The van der Waals surface area contributed by atoms with Crippen LogP contribution in [0.2, 0.25) is 0 Å². The summed E-state index contributed by atoms with van der Waals surface area (Å²) in [4.78, 5) is 29.9. The molecule has 2 N–H and O–H groups in total. The number of nitrogens with one attached hydrogen (secondary N) is 1. The van der Waals surface area contributed by atoms with Crippen LogP contribution in [0.25, 0.3) is 0 Å². The molecule has 0 unspecified atom stereocenters. The van der Waals surface area contributed by atoms with Crippen LogP contribution in [0.15, 0.2) is 52.2 Å². The zero-order valence-corrected chi connectivity index (χ0v) is 18.9. The van der Waals surface area contributed by atoms with Crippen molar-refractivity contribution < 1.29 is 18.8 Å². The molecular formula is C23H20FN7O4. The van der Waals surface area contributed by atoms with Crippen LogP contribution in [0.5, 0.6) is 5.75 Å². The Balaban J connectivity index is 1.88. The maximum absolute atomic E-state index is 14.9. The predicted octanol–water partition coefficient (Wildman–Crippen LogP) is 2.41. The van der Waals surface area contributed by atoms with Crippen LogP contribution < -0.4 is 10.9 Å². The lowest BCUT2D eigenvalue weighted by Gasteiger charge is -2.26. The van der Waals surface area contributed by atoms with Gasteiger partial charge in [0.2, 0.25) is 11.7 Å². The quantitative estimate of drug-likeness (QED) is 0.429. The van der Waals surface area contributed by atoms with E-state index in [2.05, 4.69) is 31.1 Å². The summed E-state index contributed by atoms with van der Waals surface area (Å²) >= 11 is 0. The molecule has 0 fully saturated rings. The molecule has 0 aliphatic rings. The van der Waals surface area contributed by atoms with Gasteiger partial charge in [-0.1, -0.05) is 30.3 Å². The molecule has 0 bridgehead atoms. The lowest BCUT2D eigenvalue weighted by molar-refractivity contribution is 0.101. The number of anilines is 1. The van der Waals surface area contributed by atoms with Crippen molar-refractivity contribution >= 4 is 11.6 Å². The highest BCUT2D eigenvalue weighted by Gasteiger charge is 2.33. The minimum Gasteiger partial charge on any atom is -0.501 e. The average molecular weight is 477 g/mol. The number of amides is 1. The number of hydrogen-bond acceptors (Lipinski definition) is 8. The van der Waals surface area contributed by atoms with E-state index in [4.69, 9.17) is 0 Å². The Labute approximate surface area is 198 Å². The van der Waals surface area contributed by atoms with Crippen molar-refractivity contribution in [3.05, 3.63) is 87.4 Å². The summed E-state index contributed by atoms with van der Waals surface area (Å²) in [5, 5.41) is 29.8. The third-order valence-corrected chi connectivity index (χ3v) is 5.68. The molecule has 3 heterocycles. The van der Waals surface area contributed by atoms with E-state index < -0.39 is 40.7 Å². The fourth-order valence-electron chi connectivity index (χ4n) is 4.04. The number of benzene rings is 1. The van der Waals surface area contributed by atoms with Crippen LogP contribution in [0.3, 0.4) is 0 Å². The van der Waals surface area contributed by atoms with Gasteiger partial charge >= 0.3 is 0 Å². The van der Waals surface area contributed by atoms with E-state index in [1.54, 1.807) is 38.2 Å². The molecular weight excluding hydrogens is 457 g/mol. The van der Waals surface area contributed by atoms with Gasteiger partial charge in [0, 0.05) is 37.7 Å². The first-order valence-corrected chi connectivity index (χ1v) is 10.4. The van der Waals surface area contributed by atoms with Gasteiger partial charge in [-0.3, -0.25) is 18.8 Å². The van der Waals surface area contributed by atoms with E-state index >= 15 is 0 Å². The molecule has 178 valence electrons. The van der Waals surface area contributed by atoms with Crippen LogP contribution in [0.1, 0.15) is 51.8 Å². The molecule has 0 spiro atoms. The standard InChI is InChI=1S/C23H20FN7O4/c1-12(17(16-10-30(2)29-20(16)24)15-7-5-4-6-13(15)8-25)21-28-18(19(32)23(34)31(21)3)22(33)27-14-9-26-35-11-14/h4-7,9-12,17,32H,1-3H3,(H,27,33)/t12-,17-/m1/s1. The molecule has 0 saturated heterocycles. The number of nitriles is 1. The number of aromatic hydroxyl groups is 1. The number of hydrogen-bond donors (Lipinski definition) is 2. The maximum atomic E-state index is 14.9. The number of aromatic nitrogens is 5. The highest BCUT2D eigenvalue weighted by atomic mass is 19.1.